The highest BCUT2D eigenvalue weighted by Crippen LogP contribution is 2.35. The van der Waals surface area contributed by atoms with Crippen molar-refractivity contribution in [3.63, 3.8) is 0 Å². The molecule has 0 saturated heterocycles. The monoisotopic (exact) mass is 393 g/mol. The van der Waals surface area contributed by atoms with Crippen molar-refractivity contribution in [2.24, 2.45) is 5.92 Å². The Balaban J connectivity index is 2.36. The Hall–Kier alpha value is -2.84. The summed E-state index contributed by atoms with van der Waals surface area (Å²) in [5.41, 5.74) is -0.789. The van der Waals surface area contributed by atoms with E-state index in [4.69, 9.17) is 9.47 Å². The third-order valence-corrected chi connectivity index (χ3v) is 4.39. The van der Waals surface area contributed by atoms with Crippen molar-refractivity contribution in [2.75, 3.05) is 27.2 Å². The van der Waals surface area contributed by atoms with E-state index in [1.807, 2.05) is 6.92 Å². The minimum atomic E-state index is -0.642. The topological polar surface area (TPSA) is 102 Å². The van der Waals surface area contributed by atoms with Crippen LogP contribution in [0.1, 0.15) is 38.1 Å². The van der Waals surface area contributed by atoms with E-state index in [9.17, 15) is 19.7 Å². The Morgan fingerprint density at radius 2 is 2.07 bits per heavy atom. The van der Waals surface area contributed by atoms with Gasteiger partial charge in [-0.15, -0.1) is 0 Å². The van der Waals surface area contributed by atoms with E-state index < -0.39 is 22.7 Å². The molecule has 0 aromatic heterocycles. The normalized spacial score (nSPS) is 19.8. The third kappa shape index (κ3) is 4.90. The number of fused-ring (bicyclic) bond motifs is 1. The van der Waals surface area contributed by atoms with Crippen LogP contribution in [0.3, 0.4) is 0 Å². The van der Waals surface area contributed by atoms with Crippen molar-refractivity contribution < 1.29 is 24.0 Å². The third-order valence-electron chi connectivity index (χ3n) is 4.39. The Kier molecular flexibility index (Phi) is 6.16. The van der Waals surface area contributed by atoms with E-state index in [2.05, 4.69) is 0 Å². The molecule has 9 heteroatoms. The van der Waals surface area contributed by atoms with E-state index in [1.54, 1.807) is 34.9 Å². The van der Waals surface area contributed by atoms with Crippen LogP contribution in [0.15, 0.2) is 18.2 Å². The minimum Gasteiger partial charge on any atom is -0.481 e. The predicted octanol–water partition coefficient (Wildman–Crippen LogP) is 2.93. The van der Waals surface area contributed by atoms with Crippen LogP contribution >= 0.6 is 0 Å². The minimum absolute atomic E-state index is 0.0708. The predicted molar refractivity (Wildman–Crippen MR) is 103 cm³/mol. The van der Waals surface area contributed by atoms with E-state index in [-0.39, 0.29) is 35.4 Å². The van der Waals surface area contributed by atoms with Gasteiger partial charge in [0.25, 0.3) is 5.91 Å². The molecule has 154 valence electrons. The van der Waals surface area contributed by atoms with Crippen LogP contribution in [0.25, 0.3) is 0 Å². The van der Waals surface area contributed by atoms with Crippen molar-refractivity contribution in [1.82, 2.24) is 9.80 Å². The first kappa shape index (κ1) is 21.5. The average Bonchev–Trinajstić information content (AvgIpc) is 2.57. The van der Waals surface area contributed by atoms with Gasteiger partial charge in [0.1, 0.15) is 11.7 Å². The first-order valence-corrected chi connectivity index (χ1v) is 9.04. The number of carbonyl (C=O) groups excluding carboxylic acids is 2. The molecule has 1 aromatic carbocycles. The fraction of sp³-hybridized carbons (Fsp3) is 0.579. The summed E-state index contributed by atoms with van der Waals surface area (Å²) in [5, 5.41) is 11.5. The number of para-hydroxylation sites is 1. The number of nitro benzene ring substituents is 1. The van der Waals surface area contributed by atoms with Gasteiger partial charge in [-0.2, -0.15) is 0 Å². The van der Waals surface area contributed by atoms with Crippen LogP contribution in [0.2, 0.25) is 0 Å². The molecule has 0 N–H and O–H groups in total. The molecule has 0 aliphatic carbocycles. The summed E-state index contributed by atoms with van der Waals surface area (Å²) < 4.78 is 11.3. The molecule has 2 atom stereocenters. The quantitative estimate of drug-likeness (QED) is 0.578. The number of rotatable bonds is 3. The van der Waals surface area contributed by atoms with Gasteiger partial charge < -0.3 is 19.3 Å². The molecule has 1 aliphatic heterocycles. The number of likely N-dealkylation sites (N-methyl/N-ethyl adjacent to an activating group) is 1. The van der Waals surface area contributed by atoms with Crippen molar-refractivity contribution in [1.29, 1.82) is 0 Å². The molecule has 1 heterocycles. The van der Waals surface area contributed by atoms with Gasteiger partial charge in [-0.3, -0.25) is 14.9 Å². The van der Waals surface area contributed by atoms with Gasteiger partial charge in [0.2, 0.25) is 5.75 Å². The highest BCUT2D eigenvalue weighted by Gasteiger charge is 2.35. The molecule has 1 aromatic rings. The lowest BCUT2D eigenvalue weighted by atomic mass is 10.0. The molecule has 0 radical (unpaired) electrons. The van der Waals surface area contributed by atoms with Gasteiger partial charge in [0, 0.05) is 32.6 Å². The van der Waals surface area contributed by atoms with Crippen molar-refractivity contribution in [3.05, 3.63) is 33.9 Å². The maximum absolute atomic E-state index is 12.6. The number of ether oxygens (including phenoxy) is 2. The molecule has 0 spiro atoms. The number of amides is 2. The van der Waals surface area contributed by atoms with Crippen molar-refractivity contribution in [3.8, 4) is 5.75 Å². The van der Waals surface area contributed by atoms with E-state index in [0.29, 0.717) is 6.54 Å². The second kappa shape index (κ2) is 8.04. The van der Waals surface area contributed by atoms with Crippen molar-refractivity contribution >= 4 is 17.7 Å². The summed E-state index contributed by atoms with van der Waals surface area (Å²) in [4.78, 5) is 38.7. The summed E-state index contributed by atoms with van der Waals surface area (Å²) in [5.74, 6) is -0.588. The molecular formula is C19H27N3O6. The molecule has 0 fully saturated rings. The molecule has 9 nitrogen and oxygen atoms in total. The lowest BCUT2D eigenvalue weighted by Gasteiger charge is -2.34. The maximum atomic E-state index is 12.6. The van der Waals surface area contributed by atoms with Crippen LogP contribution in [0.5, 0.6) is 5.75 Å². The van der Waals surface area contributed by atoms with Gasteiger partial charge in [0.05, 0.1) is 17.0 Å². The Morgan fingerprint density at radius 3 is 2.64 bits per heavy atom. The number of hydrogen-bond acceptors (Lipinski definition) is 6. The molecule has 0 saturated carbocycles. The van der Waals surface area contributed by atoms with Crippen LogP contribution in [0, 0.1) is 16.0 Å². The number of carbonyl (C=O) groups is 2. The fourth-order valence-corrected chi connectivity index (χ4v) is 2.97. The highest BCUT2D eigenvalue weighted by atomic mass is 16.6. The van der Waals surface area contributed by atoms with Crippen LogP contribution < -0.4 is 4.74 Å². The zero-order valence-electron chi connectivity index (χ0n) is 17.1. The summed E-state index contributed by atoms with van der Waals surface area (Å²) >= 11 is 0. The molecule has 0 unspecified atom stereocenters. The summed E-state index contributed by atoms with van der Waals surface area (Å²) in [6.07, 6.45) is -1.08. The standard InChI is InChI=1S/C19H27N3O6/c1-12-10-20(5)17(23)13-8-7-9-14(22(25)26)16(13)27-15(12)11-21(6)18(24)28-19(2,3)4/h7-9,12,15H,10-11H2,1-6H3/t12-,15+/m0/s1. The van der Waals surface area contributed by atoms with Gasteiger partial charge >= 0.3 is 11.8 Å². The molecule has 2 rings (SSSR count). The lowest BCUT2D eigenvalue weighted by molar-refractivity contribution is -0.386. The number of hydrogen-bond donors (Lipinski definition) is 0. The Morgan fingerprint density at radius 1 is 1.43 bits per heavy atom. The second-order valence-electron chi connectivity index (χ2n) is 8.09. The Bertz CT molecular complexity index is 773. The van der Waals surface area contributed by atoms with Crippen LogP contribution in [-0.2, 0) is 4.74 Å². The van der Waals surface area contributed by atoms with Gasteiger partial charge in [0.15, 0.2) is 0 Å². The number of benzene rings is 1. The summed E-state index contributed by atoms with van der Waals surface area (Å²) in [7, 11) is 3.22. The second-order valence-corrected chi connectivity index (χ2v) is 8.09. The highest BCUT2D eigenvalue weighted by molar-refractivity contribution is 5.98. The summed E-state index contributed by atoms with van der Waals surface area (Å²) in [6, 6.07) is 4.26. The molecule has 1 aliphatic rings. The zero-order valence-corrected chi connectivity index (χ0v) is 17.1. The van der Waals surface area contributed by atoms with Gasteiger partial charge in [-0.25, -0.2) is 4.79 Å². The van der Waals surface area contributed by atoms with Gasteiger partial charge in [-0.05, 0) is 26.8 Å². The first-order chi connectivity index (χ1) is 12.9. The smallest absolute Gasteiger partial charge is 0.410 e. The Labute approximate surface area is 164 Å². The van der Waals surface area contributed by atoms with E-state index in [0.717, 1.165) is 0 Å². The van der Waals surface area contributed by atoms with Crippen LogP contribution in [-0.4, -0.2) is 65.6 Å². The lowest BCUT2D eigenvalue weighted by Crippen LogP contribution is -2.47. The van der Waals surface area contributed by atoms with E-state index >= 15 is 0 Å². The van der Waals surface area contributed by atoms with Crippen molar-refractivity contribution in [2.45, 2.75) is 39.4 Å². The molecule has 0 bridgehead atoms. The van der Waals surface area contributed by atoms with E-state index in [1.165, 1.54) is 28.0 Å². The van der Waals surface area contributed by atoms with Crippen LogP contribution in [0.4, 0.5) is 10.5 Å². The van der Waals surface area contributed by atoms with Gasteiger partial charge in [-0.1, -0.05) is 13.0 Å². The SMILES string of the molecule is C[C@H]1CN(C)C(=O)c2cccc([N+](=O)[O-])c2O[C@@H]1CN(C)C(=O)OC(C)(C)C. The molecular weight excluding hydrogens is 366 g/mol. The molecule has 2 amide bonds. The first-order valence-electron chi connectivity index (χ1n) is 9.04. The molecule has 28 heavy (non-hydrogen) atoms. The number of nitro groups is 1. The maximum Gasteiger partial charge on any atom is 0.410 e. The summed E-state index contributed by atoms with van der Waals surface area (Å²) in [6.45, 7) is 7.73. The zero-order chi connectivity index (χ0) is 21.2. The number of nitrogens with zero attached hydrogens (tertiary/aromatic N) is 3. The average molecular weight is 393 g/mol. The fourth-order valence-electron chi connectivity index (χ4n) is 2.97. The largest absolute Gasteiger partial charge is 0.481 e.